The summed E-state index contributed by atoms with van der Waals surface area (Å²) in [4.78, 5) is 35.2. The smallest absolute Gasteiger partial charge is 0.256 e. The number of carbonyl (C=O) groups excluding carboxylic acids is 2. The van der Waals surface area contributed by atoms with Crippen LogP contribution in [0.15, 0.2) is 18.3 Å². The van der Waals surface area contributed by atoms with Crippen molar-refractivity contribution in [3.63, 3.8) is 0 Å². The highest BCUT2D eigenvalue weighted by atomic mass is 16.2. The normalized spacial score (nSPS) is 34.6. The third-order valence-electron chi connectivity index (χ3n) is 8.40. The zero-order valence-electron chi connectivity index (χ0n) is 19.3. The number of nitrogens with zero attached hydrogens (tertiary/aromatic N) is 3. The van der Waals surface area contributed by atoms with Gasteiger partial charge in [0.05, 0.1) is 5.56 Å². The van der Waals surface area contributed by atoms with Crippen molar-refractivity contribution in [2.45, 2.75) is 44.7 Å². The van der Waals surface area contributed by atoms with Gasteiger partial charge in [-0.2, -0.15) is 0 Å². The molecule has 0 radical (unpaired) electrons. The molecule has 174 valence electrons. The van der Waals surface area contributed by atoms with E-state index >= 15 is 0 Å². The topological polar surface area (TPSA) is 89.6 Å². The number of likely N-dealkylation sites (N-methyl/N-ethyl adjacent to an activating group) is 1. The number of hydrogen-bond donors (Lipinski definition) is 3. The zero-order valence-corrected chi connectivity index (χ0v) is 19.3. The summed E-state index contributed by atoms with van der Waals surface area (Å²) in [7, 11) is 2.17. The second kappa shape index (κ2) is 8.30. The number of amides is 2. The Hall–Kier alpha value is -2.19. The van der Waals surface area contributed by atoms with Crippen molar-refractivity contribution in [3.8, 4) is 0 Å². The van der Waals surface area contributed by atoms with Crippen LogP contribution in [0.4, 0.5) is 5.82 Å². The minimum atomic E-state index is -0.496. The van der Waals surface area contributed by atoms with Crippen LogP contribution < -0.4 is 16.0 Å². The number of anilines is 1. The van der Waals surface area contributed by atoms with Crippen LogP contribution >= 0.6 is 0 Å². The fourth-order valence-electron chi connectivity index (χ4n) is 6.43. The Balaban J connectivity index is 1.19. The Morgan fingerprint density at radius 3 is 2.88 bits per heavy atom. The first-order valence-electron chi connectivity index (χ1n) is 12.1. The van der Waals surface area contributed by atoms with E-state index in [1.54, 1.807) is 18.3 Å². The number of fused-ring (bicyclic) bond motifs is 3. The van der Waals surface area contributed by atoms with E-state index in [0.29, 0.717) is 11.4 Å². The fourth-order valence-corrected chi connectivity index (χ4v) is 6.43. The van der Waals surface area contributed by atoms with Gasteiger partial charge in [0.1, 0.15) is 11.5 Å². The number of hydrogen-bond acceptors (Lipinski definition) is 6. The average molecular weight is 441 g/mol. The van der Waals surface area contributed by atoms with Crippen molar-refractivity contribution in [3.05, 3.63) is 23.9 Å². The van der Waals surface area contributed by atoms with Crippen molar-refractivity contribution in [1.82, 2.24) is 25.4 Å². The van der Waals surface area contributed by atoms with E-state index in [0.717, 1.165) is 71.4 Å². The van der Waals surface area contributed by atoms with Crippen molar-refractivity contribution in [1.29, 1.82) is 0 Å². The number of carbonyl (C=O) groups is 2. The Labute approximate surface area is 190 Å². The molecule has 3 N–H and O–H groups in total. The maximum Gasteiger partial charge on any atom is 0.256 e. The highest BCUT2D eigenvalue weighted by molar-refractivity contribution is 6.01. The Kier molecular flexibility index (Phi) is 5.61. The summed E-state index contributed by atoms with van der Waals surface area (Å²) in [6.45, 7) is 8.49. The first-order chi connectivity index (χ1) is 15.4. The summed E-state index contributed by atoms with van der Waals surface area (Å²) in [6.07, 6.45) is 6.30. The van der Waals surface area contributed by atoms with Gasteiger partial charge in [-0.25, -0.2) is 4.98 Å². The van der Waals surface area contributed by atoms with E-state index in [4.69, 9.17) is 0 Å². The number of piperazine rings is 1. The lowest BCUT2D eigenvalue weighted by Crippen LogP contribution is -2.70. The number of nitrogens with one attached hydrogen (secondary N) is 3. The molecule has 4 atom stereocenters. The molecule has 32 heavy (non-hydrogen) atoms. The Bertz CT molecular complexity index is 885. The van der Waals surface area contributed by atoms with Gasteiger partial charge in [0.25, 0.3) is 5.91 Å². The van der Waals surface area contributed by atoms with Crippen LogP contribution in [0.1, 0.15) is 49.4 Å². The molecule has 8 nitrogen and oxygen atoms in total. The number of pyridine rings is 1. The molecule has 0 unspecified atom stereocenters. The Morgan fingerprint density at radius 2 is 2.09 bits per heavy atom. The van der Waals surface area contributed by atoms with E-state index < -0.39 is 5.66 Å². The van der Waals surface area contributed by atoms with Crippen LogP contribution in [0.25, 0.3) is 0 Å². The molecular weight excluding hydrogens is 404 g/mol. The SMILES string of the molecule is CN1CCN(CCCNC(=O)[C@@H]2C[C@H]3CC[C@@]2(C)C[C@@]32NC(=O)c3cccnc3N2)CC1. The second-order valence-corrected chi connectivity index (χ2v) is 10.6. The lowest BCUT2D eigenvalue weighted by atomic mass is 9.51. The lowest BCUT2D eigenvalue weighted by Gasteiger charge is -2.60. The molecule has 6 rings (SSSR count). The predicted molar refractivity (Wildman–Crippen MR) is 123 cm³/mol. The van der Waals surface area contributed by atoms with E-state index in [-0.39, 0.29) is 29.1 Å². The van der Waals surface area contributed by atoms with Gasteiger partial charge in [-0.1, -0.05) is 6.92 Å². The van der Waals surface area contributed by atoms with Crippen LogP contribution in [-0.4, -0.2) is 78.6 Å². The van der Waals surface area contributed by atoms with Crippen molar-refractivity contribution in [2.75, 3.05) is 51.6 Å². The number of aromatic nitrogens is 1. The quantitative estimate of drug-likeness (QED) is 0.602. The highest BCUT2D eigenvalue weighted by Crippen LogP contribution is 2.58. The molecule has 2 amide bonds. The molecule has 1 saturated heterocycles. The third-order valence-corrected chi connectivity index (χ3v) is 8.40. The molecule has 0 aromatic carbocycles. The minimum Gasteiger partial charge on any atom is -0.356 e. The summed E-state index contributed by atoms with van der Waals surface area (Å²) in [5.41, 5.74) is -0.0358. The molecule has 3 aliphatic carbocycles. The summed E-state index contributed by atoms with van der Waals surface area (Å²) < 4.78 is 0. The predicted octanol–water partition coefficient (Wildman–Crippen LogP) is 1.51. The number of rotatable bonds is 5. The van der Waals surface area contributed by atoms with Crippen LogP contribution in [-0.2, 0) is 4.79 Å². The third kappa shape index (κ3) is 3.88. The molecule has 4 fully saturated rings. The van der Waals surface area contributed by atoms with Gasteiger partial charge in [-0.15, -0.1) is 0 Å². The average Bonchev–Trinajstić information content (AvgIpc) is 2.77. The lowest BCUT2D eigenvalue weighted by molar-refractivity contribution is -0.139. The zero-order chi connectivity index (χ0) is 22.3. The summed E-state index contributed by atoms with van der Waals surface area (Å²) in [6, 6.07) is 3.59. The molecule has 3 saturated carbocycles. The Morgan fingerprint density at radius 1 is 1.28 bits per heavy atom. The van der Waals surface area contributed by atoms with Crippen molar-refractivity contribution in [2.24, 2.45) is 17.3 Å². The van der Waals surface area contributed by atoms with Crippen molar-refractivity contribution < 1.29 is 9.59 Å². The van der Waals surface area contributed by atoms with Gasteiger partial charge in [0.15, 0.2) is 0 Å². The standard InChI is InChI=1S/C24H36N6O2/c1-23-7-6-17(24(16-23)27-20-18(21(31)28-24)5-3-8-25-20)15-19(23)22(32)26-9-4-10-30-13-11-29(2)12-14-30/h3,5,8,17,19H,4,6-7,9-16H2,1-2H3,(H,25,27)(H,26,32)(H,28,31)/t17-,19+,23+,24-/m1/s1. The van der Waals surface area contributed by atoms with Gasteiger partial charge < -0.3 is 25.8 Å². The van der Waals surface area contributed by atoms with Gasteiger partial charge in [0.2, 0.25) is 5.91 Å². The van der Waals surface area contributed by atoms with Gasteiger partial charge in [0, 0.05) is 50.8 Å². The maximum absolute atomic E-state index is 13.2. The van der Waals surface area contributed by atoms with Crippen LogP contribution in [0.3, 0.4) is 0 Å². The molecule has 1 aromatic heterocycles. The van der Waals surface area contributed by atoms with E-state index in [2.05, 4.69) is 44.7 Å². The first kappa shape index (κ1) is 21.6. The molecule has 1 spiro atoms. The van der Waals surface area contributed by atoms with E-state index in [9.17, 15) is 9.59 Å². The molecule has 1 aromatic rings. The molecule has 2 bridgehead atoms. The van der Waals surface area contributed by atoms with Crippen LogP contribution in [0, 0.1) is 17.3 Å². The maximum atomic E-state index is 13.2. The van der Waals surface area contributed by atoms with Gasteiger partial charge in [-0.3, -0.25) is 9.59 Å². The fraction of sp³-hybridized carbons (Fsp3) is 0.708. The molecule has 3 heterocycles. The minimum absolute atomic E-state index is 0.000609. The highest BCUT2D eigenvalue weighted by Gasteiger charge is 2.60. The molecule has 2 aliphatic heterocycles. The van der Waals surface area contributed by atoms with E-state index in [1.807, 2.05) is 0 Å². The summed E-state index contributed by atoms with van der Waals surface area (Å²) in [5.74, 6) is 1.01. The monoisotopic (exact) mass is 440 g/mol. The van der Waals surface area contributed by atoms with Gasteiger partial charge in [-0.05, 0) is 63.2 Å². The molecule has 5 aliphatic rings. The van der Waals surface area contributed by atoms with Crippen molar-refractivity contribution >= 4 is 17.6 Å². The summed E-state index contributed by atoms with van der Waals surface area (Å²) >= 11 is 0. The van der Waals surface area contributed by atoms with Crippen LogP contribution in [0.5, 0.6) is 0 Å². The molecular formula is C24H36N6O2. The molecule has 8 heteroatoms. The van der Waals surface area contributed by atoms with E-state index in [1.165, 1.54) is 0 Å². The second-order valence-electron chi connectivity index (χ2n) is 10.6. The largest absolute Gasteiger partial charge is 0.356 e. The summed E-state index contributed by atoms with van der Waals surface area (Å²) in [5, 5.41) is 10.1. The first-order valence-corrected chi connectivity index (χ1v) is 12.1. The van der Waals surface area contributed by atoms with Crippen LogP contribution in [0.2, 0.25) is 0 Å². The van der Waals surface area contributed by atoms with Gasteiger partial charge >= 0.3 is 0 Å².